The van der Waals surface area contributed by atoms with Gasteiger partial charge >= 0.3 is 16.4 Å². The molecule has 0 aliphatic rings. The number of carbonyl (C=O) groups is 1. The molecule has 0 aliphatic carbocycles. The number of rotatable bonds is 8. The van der Waals surface area contributed by atoms with E-state index in [0.717, 1.165) is 16.0 Å². The van der Waals surface area contributed by atoms with E-state index in [1.54, 1.807) is 25.3 Å². The fraction of sp³-hybridized carbons (Fsp3) is 0.143. The summed E-state index contributed by atoms with van der Waals surface area (Å²) in [6.45, 7) is 5.15. The lowest BCUT2D eigenvalue weighted by molar-refractivity contribution is 0.172. The van der Waals surface area contributed by atoms with Crippen LogP contribution in [0.3, 0.4) is 0 Å². The Morgan fingerprint density at radius 1 is 1.19 bits per heavy atom. The summed E-state index contributed by atoms with van der Waals surface area (Å²) >= 11 is 1.46. The number of benzene rings is 2. The molecule has 0 unspecified atom stereocenters. The van der Waals surface area contributed by atoms with Gasteiger partial charge in [-0.1, -0.05) is 49.0 Å². The van der Waals surface area contributed by atoms with Crippen molar-refractivity contribution in [1.82, 2.24) is 10.3 Å². The lowest BCUT2D eigenvalue weighted by Gasteiger charge is -2.17. The summed E-state index contributed by atoms with van der Waals surface area (Å²) in [5, 5.41) is 3.50. The van der Waals surface area contributed by atoms with Crippen LogP contribution in [0.15, 0.2) is 73.1 Å². The predicted octanol–water partition coefficient (Wildman–Crippen LogP) is 4.57. The predicted molar refractivity (Wildman–Crippen MR) is 120 cm³/mol. The number of hydrogen-bond acceptors (Lipinski definition) is 6. The summed E-state index contributed by atoms with van der Waals surface area (Å²) < 4.78 is 37.8. The third-order valence-electron chi connectivity index (χ3n) is 4.08. The zero-order valence-corrected chi connectivity index (χ0v) is 18.2. The van der Waals surface area contributed by atoms with Crippen molar-refractivity contribution in [2.45, 2.75) is 19.4 Å². The molecule has 0 fully saturated rings. The first-order chi connectivity index (χ1) is 14.7. The Kier molecular flexibility index (Phi) is 7.06. The van der Waals surface area contributed by atoms with Crippen LogP contribution >= 0.6 is 11.3 Å². The number of aromatic nitrogens is 1. The second kappa shape index (κ2) is 9.73. The Morgan fingerprint density at radius 2 is 1.87 bits per heavy atom. The molecule has 3 aromatic rings. The molecule has 31 heavy (non-hydrogen) atoms. The first-order valence-electron chi connectivity index (χ1n) is 9.19. The normalized spacial score (nSPS) is 12.1. The topological polar surface area (TPSA) is 118 Å². The van der Waals surface area contributed by atoms with E-state index >= 15 is 0 Å². The molecule has 1 atom stereocenters. The molecule has 1 heterocycles. The number of ether oxygens (including phenoxy) is 1. The van der Waals surface area contributed by atoms with Gasteiger partial charge < -0.3 is 10.1 Å². The van der Waals surface area contributed by atoms with Crippen LogP contribution in [0.25, 0.3) is 10.4 Å². The van der Waals surface area contributed by atoms with Crippen LogP contribution in [0.1, 0.15) is 23.5 Å². The van der Waals surface area contributed by atoms with Crippen molar-refractivity contribution in [2.75, 3.05) is 4.72 Å². The standard InChI is InChI=1S/C21H21N3O5S2/c1-14(2)29-21(25)23-18(12-15-8-10-17(11-9-15)24-31(26,27)28)20-22-13-19(30-20)16-6-4-3-5-7-16/h3-11,13,18,24H,1,12H2,2H3,(H,23,25)(H,26,27,28)/t18-/m0/s1. The van der Waals surface area contributed by atoms with Crippen LogP contribution in [0, 0.1) is 0 Å². The molecule has 0 spiro atoms. The Labute approximate surface area is 184 Å². The minimum atomic E-state index is -4.35. The number of amides is 1. The van der Waals surface area contributed by atoms with Gasteiger partial charge in [-0.3, -0.25) is 9.27 Å². The third-order valence-corrected chi connectivity index (χ3v) is 5.73. The maximum atomic E-state index is 12.2. The molecule has 0 bridgehead atoms. The number of carbonyl (C=O) groups excluding carboxylic acids is 1. The molecule has 0 saturated carbocycles. The van der Waals surface area contributed by atoms with Crippen molar-refractivity contribution in [1.29, 1.82) is 0 Å². The summed E-state index contributed by atoms with van der Waals surface area (Å²) in [6, 6.07) is 15.7. The largest absolute Gasteiger partial charge is 0.416 e. The second-order valence-electron chi connectivity index (χ2n) is 6.70. The van der Waals surface area contributed by atoms with E-state index in [9.17, 15) is 13.2 Å². The SMILES string of the molecule is C=C(C)OC(=O)N[C@@H](Cc1ccc(NS(=O)(=O)O)cc1)c1ncc(-c2ccccc2)s1. The number of allylic oxidation sites excluding steroid dienone is 1. The van der Waals surface area contributed by atoms with Gasteiger partial charge in [0, 0.05) is 6.20 Å². The van der Waals surface area contributed by atoms with Crippen LogP contribution in [0.5, 0.6) is 0 Å². The Hall–Kier alpha value is -3.21. The van der Waals surface area contributed by atoms with Gasteiger partial charge in [0.25, 0.3) is 0 Å². The Bertz CT molecular complexity index is 1160. The molecule has 0 saturated heterocycles. The van der Waals surface area contributed by atoms with Crippen molar-refractivity contribution in [3.8, 4) is 10.4 Å². The molecule has 8 nitrogen and oxygen atoms in total. The first-order valence-corrected chi connectivity index (χ1v) is 11.4. The number of anilines is 1. The Balaban J connectivity index is 1.82. The third kappa shape index (κ3) is 6.92. The van der Waals surface area contributed by atoms with Crippen molar-refractivity contribution in [3.63, 3.8) is 0 Å². The quantitative estimate of drug-likeness (QED) is 0.336. The molecule has 1 amide bonds. The average molecular weight is 460 g/mol. The van der Waals surface area contributed by atoms with Crippen LogP contribution in [0.4, 0.5) is 10.5 Å². The van der Waals surface area contributed by atoms with Gasteiger partial charge in [0.1, 0.15) is 5.01 Å². The minimum Gasteiger partial charge on any atom is -0.416 e. The maximum Gasteiger partial charge on any atom is 0.412 e. The minimum absolute atomic E-state index is 0.220. The molecule has 2 aromatic carbocycles. The molecule has 0 aliphatic heterocycles. The molecular weight excluding hydrogens is 438 g/mol. The fourth-order valence-electron chi connectivity index (χ4n) is 2.81. The lowest BCUT2D eigenvalue weighted by Crippen LogP contribution is -2.30. The first kappa shape index (κ1) is 22.5. The monoisotopic (exact) mass is 459 g/mol. The van der Waals surface area contributed by atoms with Gasteiger partial charge in [0.2, 0.25) is 0 Å². The second-order valence-corrected chi connectivity index (χ2v) is 8.91. The zero-order valence-electron chi connectivity index (χ0n) is 16.6. The van der Waals surface area contributed by atoms with E-state index in [-0.39, 0.29) is 11.4 Å². The fourth-order valence-corrected chi connectivity index (χ4v) is 4.22. The van der Waals surface area contributed by atoms with E-state index in [1.807, 2.05) is 35.1 Å². The summed E-state index contributed by atoms with van der Waals surface area (Å²) in [5.74, 6) is 0.265. The van der Waals surface area contributed by atoms with E-state index in [0.29, 0.717) is 11.4 Å². The van der Waals surface area contributed by atoms with Crippen LogP contribution in [0.2, 0.25) is 0 Å². The van der Waals surface area contributed by atoms with Gasteiger partial charge in [0.05, 0.1) is 22.4 Å². The highest BCUT2D eigenvalue weighted by Crippen LogP contribution is 2.31. The van der Waals surface area contributed by atoms with Crippen LogP contribution in [-0.4, -0.2) is 24.0 Å². The van der Waals surface area contributed by atoms with Crippen molar-refractivity contribution in [3.05, 3.63) is 83.7 Å². The highest BCUT2D eigenvalue weighted by Gasteiger charge is 2.20. The summed E-state index contributed by atoms with van der Waals surface area (Å²) in [4.78, 5) is 17.6. The van der Waals surface area contributed by atoms with Crippen molar-refractivity contribution < 1.29 is 22.5 Å². The molecule has 10 heteroatoms. The number of nitrogens with zero attached hydrogens (tertiary/aromatic N) is 1. The van der Waals surface area contributed by atoms with E-state index in [4.69, 9.17) is 9.29 Å². The zero-order chi connectivity index (χ0) is 22.4. The van der Waals surface area contributed by atoms with E-state index in [1.165, 1.54) is 23.5 Å². The number of thiazole rings is 1. The molecule has 1 aromatic heterocycles. The van der Waals surface area contributed by atoms with Gasteiger partial charge in [-0.15, -0.1) is 11.3 Å². The molecule has 3 rings (SSSR count). The average Bonchev–Trinajstić information content (AvgIpc) is 3.18. The van der Waals surface area contributed by atoms with Crippen molar-refractivity contribution in [2.24, 2.45) is 0 Å². The van der Waals surface area contributed by atoms with E-state index in [2.05, 4.69) is 16.9 Å². The highest BCUT2D eigenvalue weighted by molar-refractivity contribution is 7.87. The smallest absolute Gasteiger partial charge is 0.412 e. The molecule has 3 N–H and O–H groups in total. The number of hydrogen-bond donors (Lipinski definition) is 3. The lowest BCUT2D eigenvalue weighted by atomic mass is 10.1. The number of alkyl carbamates (subject to hydrolysis) is 1. The molecule has 0 radical (unpaired) electrons. The maximum absolute atomic E-state index is 12.2. The highest BCUT2D eigenvalue weighted by atomic mass is 32.2. The van der Waals surface area contributed by atoms with Gasteiger partial charge in [-0.05, 0) is 36.6 Å². The molecular formula is C21H21N3O5S2. The summed E-state index contributed by atoms with van der Waals surface area (Å²) in [7, 11) is -4.35. The van der Waals surface area contributed by atoms with Crippen molar-refractivity contribution >= 4 is 33.4 Å². The molecule has 162 valence electrons. The Morgan fingerprint density at radius 3 is 2.48 bits per heavy atom. The summed E-state index contributed by atoms with van der Waals surface area (Å²) in [5.41, 5.74) is 2.06. The van der Waals surface area contributed by atoms with Gasteiger partial charge in [-0.25, -0.2) is 9.78 Å². The number of nitrogens with one attached hydrogen (secondary N) is 2. The summed E-state index contributed by atoms with van der Waals surface area (Å²) in [6.07, 6.45) is 1.51. The van der Waals surface area contributed by atoms with Crippen LogP contribution in [-0.2, 0) is 21.5 Å². The van der Waals surface area contributed by atoms with Crippen LogP contribution < -0.4 is 10.0 Å². The van der Waals surface area contributed by atoms with Gasteiger partial charge in [-0.2, -0.15) is 8.42 Å². The van der Waals surface area contributed by atoms with Gasteiger partial charge in [0.15, 0.2) is 0 Å². The van der Waals surface area contributed by atoms with E-state index < -0.39 is 22.4 Å².